The van der Waals surface area contributed by atoms with Gasteiger partial charge in [-0.05, 0) is 42.3 Å². The van der Waals surface area contributed by atoms with Gasteiger partial charge >= 0.3 is 5.97 Å². The number of rotatable bonds is 7. The fraction of sp³-hybridized carbons (Fsp3) is 0.263. The van der Waals surface area contributed by atoms with Gasteiger partial charge < -0.3 is 25.0 Å². The molecule has 26 heavy (non-hydrogen) atoms. The van der Waals surface area contributed by atoms with E-state index in [0.29, 0.717) is 17.1 Å². The fourth-order valence-corrected chi connectivity index (χ4v) is 2.57. The summed E-state index contributed by atoms with van der Waals surface area (Å²) in [5.74, 6) is -0.883. The molecule has 0 aliphatic heterocycles. The molecule has 0 saturated carbocycles. The van der Waals surface area contributed by atoms with E-state index in [2.05, 4.69) is 5.32 Å². The van der Waals surface area contributed by atoms with E-state index in [0.717, 1.165) is 5.56 Å². The average Bonchev–Trinajstić information content (AvgIpc) is 2.59. The van der Waals surface area contributed by atoms with Gasteiger partial charge in [0.15, 0.2) is 11.5 Å². The Morgan fingerprint density at radius 2 is 1.77 bits per heavy atom. The molecule has 2 aromatic rings. The van der Waals surface area contributed by atoms with Crippen LogP contribution in [0.3, 0.4) is 0 Å². The Hall–Kier alpha value is -3.22. The number of carbonyl (C=O) groups excluding carboxylic acids is 1. The highest BCUT2D eigenvalue weighted by Crippen LogP contribution is 2.31. The number of benzene rings is 2. The number of carboxylic acid groups (broad SMARTS) is 1. The third-order valence-corrected chi connectivity index (χ3v) is 3.89. The molecule has 0 heterocycles. The monoisotopic (exact) mass is 359 g/mol. The zero-order chi connectivity index (χ0) is 19.3. The Balaban J connectivity index is 2.32. The van der Waals surface area contributed by atoms with Crippen molar-refractivity contribution in [2.24, 2.45) is 0 Å². The van der Waals surface area contributed by atoms with Gasteiger partial charge in [-0.25, -0.2) is 0 Å². The molecule has 138 valence electrons. The summed E-state index contributed by atoms with van der Waals surface area (Å²) in [4.78, 5) is 23.7. The molecule has 3 N–H and O–H groups in total. The Kier molecular flexibility index (Phi) is 6.06. The van der Waals surface area contributed by atoms with Gasteiger partial charge in [-0.1, -0.05) is 12.1 Å². The number of carbonyl (C=O) groups is 2. The first-order valence-corrected chi connectivity index (χ1v) is 7.90. The van der Waals surface area contributed by atoms with E-state index in [1.54, 1.807) is 31.2 Å². The van der Waals surface area contributed by atoms with Crippen LogP contribution in [0.15, 0.2) is 36.4 Å². The highest BCUT2D eigenvalue weighted by molar-refractivity contribution is 5.97. The molecule has 1 atom stereocenters. The Bertz CT molecular complexity index is 818. The highest BCUT2D eigenvalue weighted by Gasteiger charge is 2.22. The Labute approximate surface area is 151 Å². The lowest BCUT2D eigenvalue weighted by atomic mass is 10.0. The summed E-state index contributed by atoms with van der Waals surface area (Å²) in [6, 6.07) is 8.76. The number of phenols is 1. The standard InChI is InChI=1S/C19H21NO6/c1-11-4-6-13(15(21)8-11)19(24)20-14(10-18(22)23)12-5-7-16(25-2)17(9-12)26-3/h4-9,14,21H,10H2,1-3H3,(H,20,24)(H,22,23). The third kappa shape index (κ3) is 4.44. The Morgan fingerprint density at radius 1 is 1.08 bits per heavy atom. The van der Waals surface area contributed by atoms with Crippen molar-refractivity contribution in [2.75, 3.05) is 14.2 Å². The smallest absolute Gasteiger partial charge is 0.305 e. The second-order valence-electron chi connectivity index (χ2n) is 5.76. The van der Waals surface area contributed by atoms with Crippen LogP contribution in [0.4, 0.5) is 0 Å². The average molecular weight is 359 g/mol. The van der Waals surface area contributed by atoms with E-state index in [4.69, 9.17) is 9.47 Å². The van der Waals surface area contributed by atoms with E-state index in [9.17, 15) is 19.8 Å². The van der Waals surface area contributed by atoms with Crippen LogP contribution in [0.25, 0.3) is 0 Å². The van der Waals surface area contributed by atoms with Gasteiger partial charge in [0.25, 0.3) is 5.91 Å². The zero-order valence-electron chi connectivity index (χ0n) is 14.8. The number of phenolic OH excluding ortho intramolecular Hbond substituents is 1. The molecule has 1 unspecified atom stereocenters. The molecular formula is C19H21NO6. The molecule has 0 fully saturated rings. The van der Waals surface area contributed by atoms with Crippen LogP contribution >= 0.6 is 0 Å². The van der Waals surface area contributed by atoms with Crippen molar-refractivity contribution in [1.82, 2.24) is 5.32 Å². The number of amides is 1. The third-order valence-electron chi connectivity index (χ3n) is 3.89. The molecule has 7 nitrogen and oxygen atoms in total. The number of hydrogen-bond donors (Lipinski definition) is 3. The second-order valence-corrected chi connectivity index (χ2v) is 5.76. The van der Waals surface area contributed by atoms with Crippen molar-refractivity contribution in [3.8, 4) is 17.2 Å². The van der Waals surface area contributed by atoms with Crippen LogP contribution in [0.5, 0.6) is 17.2 Å². The largest absolute Gasteiger partial charge is 0.507 e. The van der Waals surface area contributed by atoms with Crippen molar-refractivity contribution in [1.29, 1.82) is 0 Å². The number of ether oxygens (including phenoxy) is 2. The lowest BCUT2D eigenvalue weighted by molar-refractivity contribution is -0.137. The van der Waals surface area contributed by atoms with Crippen LogP contribution in [0, 0.1) is 6.92 Å². The van der Waals surface area contributed by atoms with E-state index in [1.165, 1.54) is 26.4 Å². The first-order valence-electron chi connectivity index (χ1n) is 7.90. The van der Waals surface area contributed by atoms with Gasteiger partial charge in [0.1, 0.15) is 5.75 Å². The second kappa shape index (κ2) is 8.24. The van der Waals surface area contributed by atoms with Crippen molar-refractivity contribution < 1.29 is 29.3 Å². The van der Waals surface area contributed by atoms with Gasteiger partial charge in [0, 0.05) is 0 Å². The maximum absolute atomic E-state index is 12.5. The van der Waals surface area contributed by atoms with Gasteiger partial charge in [-0.3, -0.25) is 9.59 Å². The number of hydrogen-bond acceptors (Lipinski definition) is 5. The first kappa shape index (κ1) is 19.1. The molecule has 0 radical (unpaired) electrons. The number of methoxy groups -OCH3 is 2. The van der Waals surface area contributed by atoms with Gasteiger partial charge in [0.05, 0.1) is 32.2 Å². The van der Waals surface area contributed by atoms with Crippen molar-refractivity contribution >= 4 is 11.9 Å². The van der Waals surface area contributed by atoms with Gasteiger partial charge in [-0.2, -0.15) is 0 Å². The molecule has 2 rings (SSSR count). The summed E-state index contributed by atoms with van der Waals surface area (Å²) in [6.45, 7) is 1.79. The normalized spacial score (nSPS) is 11.5. The van der Waals surface area contributed by atoms with Crippen LogP contribution in [-0.4, -0.2) is 36.3 Å². The zero-order valence-corrected chi connectivity index (χ0v) is 14.8. The minimum Gasteiger partial charge on any atom is -0.507 e. The van der Waals surface area contributed by atoms with E-state index < -0.39 is 17.9 Å². The Morgan fingerprint density at radius 3 is 2.35 bits per heavy atom. The molecule has 0 spiro atoms. The van der Waals surface area contributed by atoms with Crippen LogP contribution < -0.4 is 14.8 Å². The molecule has 2 aromatic carbocycles. The lowest BCUT2D eigenvalue weighted by Gasteiger charge is -2.19. The number of aliphatic carboxylic acids is 1. The molecule has 0 aliphatic rings. The quantitative estimate of drug-likeness (QED) is 0.702. The molecule has 0 bridgehead atoms. The molecule has 1 amide bonds. The lowest BCUT2D eigenvalue weighted by Crippen LogP contribution is -2.30. The van der Waals surface area contributed by atoms with E-state index in [1.807, 2.05) is 0 Å². The minimum absolute atomic E-state index is 0.0754. The maximum Gasteiger partial charge on any atom is 0.305 e. The number of nitrogens with one attached hydrogen (secondary N) is 1. The summed E-state index contributed by atoms with van der Waals surface area (Å²) in [5, 5.41) is 21.8. The van der Waals surface area contributed by atoms with Crippen LogP contribution in [-0.2, 0) is 4.79 Å². The minimum atomic E-state index is -1.07. The topological polar surface area (TPSA) is 105 Å². The first-order chi connectivity index (χ1) is 12.3. The summed E-state index contributed by atoms with van der Waals surface area (Å²) in [6.07, 6.45) is -0.326. The molecule has 0 aromatic heterocycles. The SMILES string of the molecule is COc1ccc(C(CC(=O)O)NC(=O)c2ccc(C)cc2O)cc1OC. The fourth-order valence-electron chi connectivity index (χ4n) is 2.57. The molecule has 7 heteroatoms. The summed E-state index contributed by atoms with van der Waals surface area (Å²) < 4.78 is 10.4. The van der Waals surface area contributed by atoms with Crippen LogP contribution in [0.2, 0.25) is 0 Å². The number of aryl methyl sites for hydroxylation is 1. The van der Waals surface area contributed by atoms with Crippen molar-refractivity contribution in [3.05, 3.63) is 53.1 Å². The predicted octanol–water partition coefficient (Wildman–Crippen LogP) is 2.66. The number of carboxylic acids is 1. The molecule has 0 aliphatic carbocycles. The van der Waals surface area contributed by atoms with Gasteiger partial charge in [-0.15, -0.1) is 0 Å². The number of aromatic hydroxyl groups is 1. The van der Waals surface area contributed by atoms with E-state index in [-0.39, 0.29) is 17.7 Å². The maximum atomic E-state index is 12.5. The predicted molar refractivity (Wildman–Crippen MR) is 94.8 cm³/mol. The van der Waals surface area contributed by atoms with E-state index >= 15 is 0 Å². The van der Waals surface area contributed by atoms with Crippen molar-refractivity contribution in [2.45, 2.75) is 19.4 Å². The molecular weight excluding hydrogens is 338 g/mol. The summed E-state index contributed by atoms with van der Waals surface area (Å²) in [7, 11) is 2.96. The summed E-state index contributed by atoms with van der Waals surface area (Å²) >= 11 is 0. The van der Waals surface area contributed by atoms with Crippen LogP contribution in [0.1, 0.15) is 33.9 Å². The van der Waals surface area contributed by atoms with Gasteiger partial charge in [0.2, 0.25) is 0 Å². The summed E-state index contributed by atoms with van der Waals surface area (Å²) in [5.41, 5.74) is 1.43. The van der Waals surface area contributed by atoms with Crippen molar-refractivity contribution in [3.63, 3.8) is 0 Å². The highest BCUT2D eigenvalue weighted by atomic mass is 16.5. The molecule has 0 saturated heterocycles.